The third-order valence-corrected chi connectivity index (χ3v) is 7.63. The van der Waals surface area contributed by atoms with Crippen molar-refractivity contribution in [3.8, 4) is 0 Å². The third-order valence-electron chi connectivity index (χ3n) is 5.87. The molecule has 3 atom stereocenters. The fraction of sp³-hybridized carbons (Fsp3) is 0.550. The molecular formula is C20H27N3O5S. The van der Waals surface area contributed by atoms with E-state index in [1.54, 1.807) is 36.1 Å². The molecule has 0 radical (unpaired) electrons. The number of sulfone groups is 1. The zero-order chi connectivity index (χ0) is 21.4. The minimum Gasteiger partial charge on any atom is -0.334 e. The number of carbonyl (C=O) groups excluding carboxylic acids is 3. The molecule has 2 fully saturated rings. The molecule has 0 spiro atoms. The highest BCUT2D eigenvalue weighted by molar-refractivity contribution is 7.91. The maximum Gasteiger partial charge on any atom is 0.325 e. The number of hydrogen-bond donors (Lipinski definition) is 1. The van der Waals surface area contributed by atoms with Crippen molar-refractivity contribution < 1.29 is 22.8 Å². The molecule has 3 rings (SSSR count). The Morgan fingerprint density at radius 3 is 2.52 bits per heavy atom. The van der Waals surface area contributed by atoms with Crippen molar-refractivity contribution in [2.24, 2.45) is 0 Å². The van der Waals surface area contributed by atoms with Crippen LogP contribution in [0.2, 0.25) is 0 Å². The molecule has 2 saturated heterocycles. The first-order valence-corrected chi connectivity index (χ1v) is 11.6. The van der Waals surface area contributed by atoms with Crippen LogP contribution in [-0.4, -0.2) is 66.2 Å². The lowest BCUT2D eigenvalue weighted by Crippen LogP contribution is -2.51. The van der Waals surface area contributed by atoms with Crippen LogP contribution in [0.25, 0.3) is 0 Å². The second-order valence-corrected chi connectivity index (χ2v) is 10.2. The van der Waals surface area contributed by atoms with Crippen molar-refractivity contribution >= 4 is 27.7 Å². The van der Waals surface area contributed by atoms with Gasteiger partial charge in [0.25, 0.3) is 5.91 Å². The average molecular weight is 422 g/mol. The van der Waals surface area contributed by atoms with E-state index in [0.717, 1.165) is 4.90 Å². The third kappa shape index (κ3) is 4.01. The average Bonchev–Trinajstić information content (AvgIpc) is 3.14. The molecular weight excluding hydrogens is 394 g/mol. The minimum absolute atomic E-state index is 0.0487. The molecule has 9 heteroatoms. The largest absolute Gasteiger partial charge is 0.334 e. The molecule has 0 unspecified atom stereocenters. The molecule has 4 amide bonds. The first kappa shape index (κ1) is 21.3. The predicted molar refractivity (Wildman–Crippen MR) is 108 cm³/mol. The summed E-state index contributed by atoms with van der Waals surface area (Å²) in [7, 11) is -3.17. The Bertz CT molecular complexity index is 917. The number of hydrogen-bond acceptors (Lipinski definition) is 5. The number of nitrogens with zero attached hydrogens (tertiary/aromatic N) is 2. The first-order valence-electron chi connectivity index (χ1n) is 9.80. The highest BCUT2D eigenvalue weighted by Crippen LogP contribution is 2.29. The van der Waals surface area contributed by atoms with E-state index in [9.17, 15) is 22.8 Å². The van der Waals surface area contributed by atoms with Gasteiger partial charge < -0.3 is 10.2 Å². The molecule has 1 aromatic rings. The molecule has 8 nitrogen and oxygen atoms in total. The summed E-state index contributed by atoms with van der Waals surface area (Å²) in [6, 6.07) is 7.62. The molecule has 158 valence electrons. The van der Waals surface area contributed by atoms with Crippen LogP contribution < -0.4 is 5.32 Å². The number of carbonyl (C=O) groups is 3. The number of rotatable bonds is 6. The lowest BCUT2D eigenvalue weighted by molar-refractivity contribution is -0.141. The zero-order valence-electron chi connectivity index (χ0n) is 16.9. The van der Waals surface area contributed by atoms with Crippen molar-refractivity contribution in [1.29, 1.82) is 0 Å². The zero-order valence-corrected chi connectivity index (χ0v) is 17.7. The van der Waals surface area contributed by atoms with E-state index >= 15 is 0 Å². The van der Waals surface area contributed by atoms with Gasteiger partial charge in [-0.1, -0.05) is 37.3 Å². The second-order valence-electron chi connectivity index (χ2n) is 7.93. The number of amides is 4. The van der Waals surface area contributed by atoms with Gasteiger partial charge in [-0.15, -0.1) is 0 Å². The molecule has 2 aliphatic rings. The van der Waals surface area contributed by atoms with E-state index in [-0.39, 0.29) is 17.5 Å². The summed E-state index contributed by atoms with van der Waals surface area (Å²) in [5, 5.41) is 2.69. The Kier molecular flexibility index (Phi) is 5.71. The summed E-state index contributed by atoms with van der Waals surface area (Å²) < 4.78 is 23.8. The molecule has 2 aliphatic heterocycles. The molecule has 29 heavy (non-hydrogen) atoms. The van der Waals surface area contributed by atoms with E-state index in [4.69, 9.17) is 0 Å². The van der Waals surface area contributed by atoms with Gasteiger partial charge in [0.15, 0.2) is 9.84 Å². The Hall–Kier alpha value is -2.42. The van der Waals surface area contributed by atoms with Gasteiger partial charge in [-0.2, -0.15) is 0 Å². The van der Waals surface area contributed by atoms with Crippen LogP contribution in [0.5, 0.6) is 0 Å². The van der Waals surface area contributed by atoms with Gasteiger partial charge in [0, 0.05) is 12.1 Å². The van der Waals surface area contributed by atoms with Crippen LogP contribution in [0.1, 0.15) is 39.2 Å². The summed E-state index contributed by atoms with van der Waals surface area (Å²) in [5.74, 6) is -0.939. The predicted octanol–water partition coefficient (Wildman–Crippen LogP) is 1.27. The van der Waals surface area contributed by atoms with Crippen molar-refractivity contribution in [2.45, 2.75) is 51.2 Å². The van der Waals surface area contributed by atoms with Gasteiger partial charge in [0.2, 0.25) is 5.91 Å². The summed E-state index contributed by atoms with van der Waals surface area (Å²) >= 11 is 0. The number of urea groups is 1. The van der Waals surface area contributed by atoms with Gasteiger partial charge in [0.1, 0.15) is 12.1 Å². The number of benzene rings is 1. The summed E-state index contributed by atoms with van der Waals surface area (Å²) in [5.41, 5.74) is -0.606. The van der Waals surface area contributed by atoms with Gasteiger partial charge in [-0.3, -0.25) is 14.5 Å². The molecule has 0 saturated carbocycles. The van der Waals surface area contributed by atoms with Gasteiger partial charge in [0.05, 0.1) is 11.5 Å². The summed E-state index contributed by atoms with van der Waals surface area (Å²) in [6.07, 6.45) is 1.02. The van der Waals surface area contributed by atoms with Gasteiger partial charge in [-0.05, 0) is 32.3 Å². The van der Waals surface area contributed by atoms with E-state index in [1.807, 2.05) is 19.9 Å². The van der Waals surface area contributed by atoms with E-state index in [0.29, 0.717) is 18.4 Å². The summed E-state index contributed by atoms with van der Waals surface area (Å²) in [6.45, 7) is 4.97. The quantitative estimate of drug-likeness (QED) is 0.697. The van der Waals surface area contributed by atoms with E-state index < -0.39 is 45.8 Å². The van der Waals surface area contributed by atoms with Crippen LogP contribution in [0, 0.1) is 0 Å². The van der Waals surface area contributed by atoms with Crippen molar-refractivity contribution in [3.63, 3.8) is 0 Å². The molecule has 2 heterocycles. The number of imide groups is 1. The molecule has 0 aromatic heterocycles. The number of nitrogens with one attached hydrogen (secondary N) is 1. The summed E-state index contributed by atoms with van der Waals surface area (Å²) in [4.78, 5) is 41.1. The molecule has 1 N–H and O–H groups in total. The Morgan fingerprint density at radius 1 is 1.31 bits per heavy atom. The van der Waals surface area contributed by atoms with Crippen LogP contribution in [0.4, 0.5) is 4.79 Å². The van der Waals surface area contributed by atoms with Gasteiger partial charge in [-0.25, -0.2) is 13.2 Å². The minimum atomic E-state index is -3.17. The van der Waals surface area contributed by atoms with Crippen molar-refractivity contribution in [1.82, 2.24) is 15.1 Å². The van der Waals surface area contributed by atoms with Crippen molar-refractivity contribution in [3.05, 3.63) is 35.9 Å². The lowest BCUT2D eigenvalue weighted by atomic mass is 9.92. The molecule has 0 aliphatic carbocycles. The SMILES string of the molecule is CC[C@@H](C)N(C(=O)CN1C(=O)N[C@](C)(c2ccccc2)C1=O)[C@H]1CCS(=O)(=O)C1. The molecule has 0 bridgehead atoms. The highest BCUT2D eigenvalue weighted by Gasteiger charge is 2.50. The fourth-order valence-corrected chi connectivity index (χ4v) is 5.74. The first-order chi connectivity index (χ1) is 13.6. The topological polar surface area (TPSA) is 104 Å². The van der Waals surface area contributed by atoms with E-state index in [1.165, 1.54) is 0 Å². The maximum atomic E-state index is 13.1. The monoisotopic (exact) mass is 421 g/mol. The van der Waals surface area contributed by atoms with Crippen LogP contribution in [0.15, 0.2) is 30.3 Å². The lowest BCUT2D eigenvalue weighted by Gasteiger charge is -2.34. The fourth-order valence-electron chi connectivity index (χ4n) is 4.03. The van der Waals surface area contributed by atoms with Crippen LogP contribution >= 0.6 is 0 Å². The Morgan fingerprint density at radius 2 is 1.97 bits per heavy atom. The smallest absolute Gasteiger partial charge is 0.325 e. The highest BCUT2D eigenvalue weighted by atomic mass is 32.2. The normalized spacial score (nSPS) is 27.0. The Balaban J connectivity index is 1.81. The van der Waals surface area contributed by atoms with Crippen LogP contribution in [0.3, 0.4) is 0 Å². The van der Waals surface area contributed by atoms with Crippen molar-refractivity contribution in [2.75, 3.05) is 18.1 Å². The standard InChI is InChI=1S/C20H27N3O5S/c1-4-14(2)23(16-10-11-29(27,28)13-16)17(24)12-22-18(25)20(3,21-19(22)26)15-8-6-5-7-9-15/h5-9,14,16H,4,10-13H2,1-3H3,(H,21,26)/t14-,16+,20-/m1/s1. The Labute approximate surface area is 171 Å². The molecule has 1 aromatic carbocycles. The van der Waals surface area contributed by atoms with Gasteiger partial charge >= 0.3 is 6.03 Å². The second kappa shape index (κ2) is 7.78. The van der Waals surface area contributed by atoms with E-state index in [2.05, 4.69) is 5.32 Å². The maximum absolute atomic E-state index is 13.1. The van der Waals surface area contributed by atoms with Crippen LogP contribution in [-0.2, 0) is 25.0 Å².